The molecule has 0 radical (unpaired) electrons. The van der Waals surface area contributed by atoms with Crippen molar-refractivity contribution in [1.29, 1.82) is 0 Å². The monoisotopic (exact) mass is 378 g/mol. The highest BCUT2D eigenvalue weighted by molar-refractivity contribution is 5.79. The number of rotatable bonds is 4. The second-order valence-electron chi connectivity index (χ2n) is 7.65. The fourth-order valence-electron chi connectivity index (χ4n) is 4.22. The molecule has 1 aliphatic carbocycles. The number of fused-ring (bicyclic) bond motifs is 1. The number of hydrogen-bond donors (Lipinski definition) is 2. The molecule has 1 amide bonds. The lowest BCUT2D eigenvalue weighted by atomic mass is 9.82. The highest BCUT2D eigenvalue weighted by Gasteiger charge is 2.24. The predicted molar refractivity (Wildman–Crippen MR) is 108 cm³/mol. The average molecular weight is 378 g/mol. The molecule has 0 unspecified atom stereocenters. The van der Waals surface area contributed by atoms with E-state index in [4.69, 9.17) is 5.73 Å². The van der Waals surface area contributed by atoms with Gasteiger partial charge in [-0.3, -0.25) is 4.79 Å². The van der Waals surface area contributed by atoms with Crippen LogP contribution in [0.3, 0.4) is 0 Å². The van der Waals surface area contributed by atoms with Crippen LogP contribution < -0.4 is 11.1 Å². The van der Waals surface area contributed by atoms with Crippen molar-refractivity contribution in [2.24, 2.45) is 0 Å². The zero-order valence-corrected chi connectivity index (χ0v) is 16.4. The second-order valence-corrected chi connectivity index (χ2v) is 7.65. The van der Waals surface area contributed by atoms with Gasteiger partial charge in [0.25, 0.3) is 5.78 Å². The molecule has 1 aliphatic rings. The van der Waals surface area contributed by atoms with Crippen LogP contribution in [0, 0.1) is 13.8 Å². The van der Waals surface area contributed by atoms with Crippen LogP contribution in [-0.4, -0.2) is 31.5 Å². The summed E-state index contributed by atoms with van der Waals surface area (Å²) in [6.45, 7) is 3.81. The molecule has 1 aromatic carbocycles. The molecule has 2 aromatic heterocycles. The Kier molecular flexibility index (Phi) is 4.98. The Bertz CT molecular complexity index is 989. The highest BCUT2D eigenvalue weighted by Crippen LogP contribution is 2.32. The van der Waals surface area contributed by atoms with E-state index in [0.29, 0.717) is 18.1 Å². The normalized spacial score (nSPS) is 19.6. The van der Waals surface area contributed by atoms with Gasteiger partial charge in [-0.05, 0) is 51.0 Å². The second kappa shape index (κ2) is 7.58. The first-order valence-corrected chi connectivity index (χ1v) is 9.84. The smallest absolute Gasteiger partial charge is 0.254 e. The van der Waals surface area contributed by atoms with E-state index in [1.807, 2.05) is 13.8 Å². The van der Waals surface area contributed by atoms with Crippen molar-refractivity contribution in [2.75, 3.05) is 5.73 Å². The number of nitrogens with one attached hydrogen (secondary N) is 1. The molecular formula is C21H26N6O. The molecule has 3 aromatic rings. The maximum Gasteiger partial charge on any atom is 0.254 e. The summed E-state index contributed by atoms with van der Waals surface area (Å²) in [6.07, 6.45) is 4.54. The molecule has 146 valence electrons. The number of carbonyl (C=O) groups excluding carboxylic acids is 1. The van der Waals surface area contributed by atoms with E-state index in [1.54, 1.807) is 4.52 Å². The van der Waals surface area contributed by atoms with Gasteiger partial charge in [-0.1, -0.05) is 30.3 Å². The molecule has 7 nitrogen and oxygen atoms in total. The van der Waals surface area contributed by atoms with E-state index in [1.165, 1.54) is 5.56 Å². The van der Waals surface area contributed by atoms with Gasteiger partial charge in [-0.15, -0.1) is 5.10 Å². The van der Waals surface area contributed by atoms with E-state index in [9.17, 15) is 4.79 Å². The summed E-state index contributed by atoms with van der Waals surface area (Å²) in [5.41, 5.74) is 9.61. The lowest BCUT2D eigenvalue weighted by molar-refractivity contribution is -0.121. The van der Waals surface area contributed by atoms with Crippen LogP contribution in [0.5, 0.6) is 0 Å². The van der Waals surface area contributed by atoms with Gasteiger partial charge < -0.3 is 11.1 Å². The largest absolute Gasteiger partial charge is 0.366 e. The number of hydrogen-bond acceptors (Lipinski definition) is 5. The Morgan fingerprint density at radius 3 is 2.57 bits per heavy atom. The van der Waals surface area contributed by atoms with E-state index >= 15 is 0 Å². The molecule has 1 saturated carbocycles. The van der Waals surface area contributed by atoms with Crippen LogP contribution in [0.1, 0.15) is 54.1 Å². The van der Waals surface area contributed by atoms with Crippen LogP contribution in [0.4, 0.5) is 5.95 Å². The Morgan fingerprint density at radius 1 is 1.14 bits per heavy atom. The van der Waals surface area contributed by atoms with E-state index in [-0.39, 0.29) is 17.9 Å². The Balaban J connectivity index is 1.38. The predicted octanol–water partition coefficient (Wildman–Crippen LogP) is 2.71. The topological polar surface area (TPSA) is 98.2 Å². The molecule has 0 aliphatic heterocycles. The molecule has 7 heteroatoms. The number of carbonyl (C=O) groups is 1. The van der Waals surface area contributed by atoms with E-state index < -0.39 is 0 Å². The molecule has 28 heavy (non-hydrogen) atoms. The highest BCUT2D eigenvalue weighted by atomic mass is 16.1. The molecule has 0 atom stereocenters. The van der Waals surface area contributed by atoms with Crippen molar-refractivity contribution in [3.8, 4) is 0 Å². The Labute approximate surface area is 164 Å². The van der Waals surface area contributed by atoms with Gasteiger partial charge in [0.1, 0.15) is 0 Å². The minimum Gasteiger partial charge on any atom is -0.366 e. The van der Waals surface area contributed by atoms with Crippen LogP contribution in [0.25, 0.3) is 5.78 Å². The number of anilines is 1. The number of amides is 1. The maximum absolute atomic E-state index is 12.7. The van der Waals surface area contributed by atoms with Crippen molar-refractivity contribution in [3.63, 3.8) is 0 Å². The van der Waals surface area contributed by atoms with Crippen LogP contribution >= 0.6 is 0 Å². The summed E-state index contributed by atoms with van der Waals surface area (Å²) < 4.78 is 1.61. The lowest BCUT2D eigenvalue weighted by Gasteiger charge is -2.29. The van der Waals surface area contributed by atoms with Crippen molar-refractivity contribution in [1.82, 2.24) is 24.9 Å². The number of nitrogen functional groups attached to an aromatic ring is 1. The number of nitrogens with zero attached hydrogens (tertiary/aromatic N) is 4. The third-order valence-electron chi connectivity index (χ3n) is 5.77. The third kappa shape index (κ3) is 3.69. The zero-order valence-electron chi connectivity index (χ0n) is 16.4. The van der Waals surface area contributed by atoms with Crippen LogP contribution in [0.2, 0.25) is 0 Å². The summed E-state index contributed by atoms with van der Waals surface area (Å²) in [5.74, 6) is 1.29. The fourth-order valence-corrected chi connectivity index (χ4v) is 4.22. The molecule has 0 saturated heterocycles. The zero-order chi connectivity index (χ0) is 19.7. The van der Waals surface area contributed by atoms with Crippen LogP contribution in [-0.2, 0) is 11.2 Å². The third-order valence-corrected chi connectivity index (χ3v) is 5.77. The van der Waals surface area contributed by atoms with Crippen LogP contribution in [0.15, 0.2) is 30.3 Å². The summed E-state index contributed by atoms with van der Waals surface area (Å²) in [6, 6.07) is 10.9. The minimum atomic E-state index is 0.0311. The van der Waals surface area contributed by atoms with Crippen molar-refractivity contribution < 1.29 is 4.79 Å². The Morgan fingerprint density at radius 2 is 1.86 bits per heavy atom. The molecular weight excluding hydrogens is 352 g/mol. The van der Waals surface area contributed by atoms with Crippen molar-refractivity contribution in [3.05, 3.63) is 52.8 Å². The summed E-state index contributed by atoms with van der Waals surface area (Å²) in [7, 11) is 0. The van der Waals surface area contributed by atoms with Crippen molar-refractivity contribution in [2.45, 2.75) is 57.9 Å². The first kappa shape index (κ1) is 18.4. The number of benzene rings is 1. The summed E-state index contributed by atoms with van der Waals surface area (Å²) in [4.78, 5) is 21.2. The van der Waals surface area contributed by atoms with Gasteiger partial charge in [-0.2, -0.15) is 9.50 Å². The minimum absolute atomic E-state index is 0.0311. The molecule has 0 bridgehead atoms. The number of aryl methyl sites for hydroxylation is 2. The first-order chi connectivity index (χ1) is 13.5. The summed E-state index contributed by atoms with van der Waals surface area (Å²) in [5, 5.41) is 7.37. The number of aromatic nitrogens is 4. The molecule has 3 N–H and O–H groups in total. The van der Waals surface area contributed by atoms with E-state index in [2.05, 4.69) is 50.7 Å². The van der Waals surface area contributed by atoms with Gasteiger partial charge in [0.15, 0.2) is 0 Å². The maximum atomic E-state index is 12.7. The SMILES string of the molecule is Cc1nc2nc(N)nn2c(C)c1CC(=O)NC1CCC(c2ccccc2)CC1. The van der Waals surface area contributed by atoms with E-state index in [0.717, 1.165) is 42.6 Å². The molecule has 2 heterocycles. The van der Waals surface area contributed by atoms with Gasteiger partial charge >= 0.3 is 0 Å². The van der Waals surface area contributed by atoms with Gasteiger partial charge in [0.2, 0.25) is 11.9 Å². The number of nitrogens with two attached hydrogens (primary N) is 1. The van der Waals surface area contributed by atoms with Gasteiger partial charge in [0.05, 0.1) is 6.42 Å². The fraction of sp³-hybridized carbons (Fsp3) is 0.429. The quantitative estimate of drug-likeness (QED) is 0.727. The molecule has 1 fully saturated rings. The van der Waals surface area contributed by atoms with Gasteiger partial charge in [-0.25, -0.2) is 4.98 Å². The standard InChI is InChI=1S/C21H26N6O/c1-13-18(14(2)27-21(23-13)25-20(22)26-27)12-19(28)24-17-10-8-16(9-11-17)15-6-4-3-5-7-15/h3-7,16-17H,8-12H2,1-2H3,(H2,22,26)(H,24,28). The first-order valence-electron chi connectivity index (χ1n) is 9.84. The average Bonchev–Trinajstić information content (AvgIpc) is 3.07. The Hall–Kier alpha value is -2.96. The molecule has 4 rings (SSSR count). The lowest BCUT2D eigenvalue weighted by Crippen LogP contribution is -2.38. The summed E-state index contributed by atoms with van der Waals surface area (Å²) >= 11 is 0. The van der Waals surface area contributed by atoms with Crippen molar-refractivity contribution >= 4 is 17.6 Å². The van der Waals surface area contributed by atoms with Gasteiger partial charge in [0, 0.05) is 23.0 Å². The molecule has 0 spiro atoms.